The normalized spacial score (nSPS) is 11.9. The van der Waals surface area contributed by atoms with Gasteiger partial charge in [0.25, 0.3) is 5.91 Å². The van der Waals surface area contributed by atoms with Crippen LogP contribution in [0.5, 0.6) is 5.75 Å². The molecule has 1 atom stereocenters. The van der Waals surface area contributed by atoms with Crippen molar-refractivity contribution in [3.8, 4) is 5.75 Å². The van der Waals surface area contributed by atoms with E-state index in [9.17, 15) is 4.79 Å². The summed E-state index contributed by atoms with van der Waals surface area (Å²) in [7, 11) is 2.02. The van der Waals surface area contributed by atoms with Gasteiger partial charge in [-0.3, -0.25) is 4.79 Å². The smallest absolute Gasteiger partial charge is 0.260 e. The quantitative estimate of drug-likeness (QED) is 0.775. The Bertz CT molecular complexity index is 713. The van der Waals surface area contributed by atoms with Crippen molar-refractivity contribution in [1.82, 2.24) is 5.32 Å². The van der Waals surface area contributed by atoms with E-state index >= 15 is 0 Å². The van der Waals surface area contributed by atoms with Crippen LogP contribution in [0.25, 0.3) is 0 Å². The number of hydrogen-bond donors (Lipinski definition) is 1. The van der Waals surface area contributed by atoms with Crippen LogP contribution < -0.4 is 15.0 Å². The summed E-state index contributed by atoms with van der Waals surface area (Å²) in [6.07, 6.45) is -0.531. The summed E-state index contributed by atoms with van der Waals surface area (Å²) in [6, 6.07) is 16.3. The molecule has 140 valence electrons. The average molecular weight is 354 g/mol. The van der Waals surface area contributed by atoms with Crippen LogP contribution in [0.15, 0.2) is 48.5 Å². The lowest BCUT2D eigenvalue weighted by Gasteiger charge is -2.21. The number of para-hydroxylation sites is 1. The third kappa shape index (κ3) is 5.51. The molecule has 2 rings (SSSR count). The van der Waals surface area contributed by atoms with Crippen molar-refractivity contribution in [2.45, 2.75) is 39.7 Å². The van der Waals surface area contributed by atoms with Crippen molar-refractivity contribution in [1.29, 1.82) is 0 Å². The third-order valence-corrected chi connectivity index (χ3v) is 4.41. The number of ether oxygens (including phenoxy) is 1. The fourth-order valence-corrected chi connectivity index (χ4v) is 2.77. The summed E-state index contributed by atoms with van der Waals surface area (Å²) >= 11 is 0. The first-order valence-electron chi connectivity index (χ1n) is 9.19. The number of carbonyl (C=O) groups is 1. The molecular weight excluding hydrogens is 324 g/mol. The Morgan fingerprint density at radius 2 is 1.81 bits per heavy atom. The molecule has 0 radical (unpaired) electrons. The molecule has 0 fully saturated rings. The van der Waals surface area contributed by atoms with Crippen molar-refractivity contribution >= 4 is 11.6 Å². The van der Waals surface area contributed by atoms with E-state index in [0.717, 1.165) is 29.1 Å². The first-order valence-corrected chi connectivity index (χ1v) is 9.19. The van der Waals surface area contributed by atoms with Crippen LogP contribution >= 0.6 is 0 Å². The first-order chi connectivity index (χ1) is 12.4. The van der Waals surface area contributed by atoms with Gasteiger partial charge in [0.2, 0.25) is 0 Å². The molecule has 4 heteroatoms. The topological polar surface area (TPSA) is 41.6 Å². The van der Waals surface area contributed by atoms with Crippen LogP contribution in [0.2, 0.25) is 0 Å². The van der Waals surface area contributed by atoms with Gasteiger partial charge >= 0.3 is 0 Å². The van der Waals surface area contributed by atoms with Crippen LogP contribution in [-0.2, 0) is 4.79 Å². The summed E-state index contributed by atoms with van der Waals surface area (Å²) in [5, 5.41) is 2.96. The number of rotatable bonds is 8. The maximum atomic E-state index is 12.4. The highest BCUT2D eigenvalue weighted by molar-refractivity contribution is 5.80. The number of nitrogens with zero attached hydrogens (tertiary/aromatic N) is 1. The van der Waals surface area contributed by atoms with E-state index in [1.807, 2.05) is 38.2 Å². The molecule has 0 aliphatic carbocycles. The number of amides is 1. The summed E-state index contributed by atoms with van der Waals surface area (Å²) in [4.78, 5) is 14.5. The molecule has 0 aliphatic rings. The van der Waals surface area contributed by atoms with Crippen molar-refractivity contribution in [2.24, 2.45) is 0 Å². The first kappa shape index (κ1) is 19.8. The number of benzene rings is 2. The average Bonchev–Trinajstić information content (AvgIpc) is 2.62. The van der Waals surface area contributed by atoms with E-state index in [1.165, 1.54) is 0 Å². The van der Waals surface area contributed by atoms with Gasteiger partial charge in [0.15, 0.2) is 6.10 Å². The van der Waals surface area contributed by atoms with E-state index in [2.05, 4.69) is 48.3 Å². The Kier molecular flexibility index (Phi) is 7.07. The molecule has 0 bridgehead atoms. The maximum Gasteiger partial charge on any atom is 0.260 e. The van der Waals surface area contributed by atoms with Gasteiger partial charge in [-0.2, -0.15) is 0 Å². The molecule has 26 heavy (non-hydrogen) atoms. The largest absolute Gasteiger partial charge is 0.481 e. The molecule has 0 saturated heterocycles. The van der Waals surface area contributed by atoms with Crippen LogP contribution in [-0.4, -0.2) is 32.1 Å². The highest BCUT2D eigenvalue weighted by Crippen LogP contribution is 2.28. The van der Waals surface area contributed by atoms with Gasteiger partial charge < -0.3 is 15.0 Å². The third-order valence-electron chi connectivity index (χ3n) is 4.41. The Hall–Kier alpha value is -2.49. The summed E-state index contributed by atoms with van der Waals surface area (Å²) in [6.45, 7) is 9.39. The number of aryl methyl sites for hydroxylation is 1. The second-order valence-corrected chi connectivity index (χ2v) is 7.00. The zero-order chi connectivity index (χ0) is 19.1. The fourth-order valence-electron chi connectivity index (χ4n) is 2.77. The van der Waals surface area contributed by atoms with E-state index in [0.29, 0.717) is 12.5 Å². The van der Waals surface area contributed by atoms with Gasteiger partial charge in [-0.15, -0.1) is 0 Å². The Balaban J connectivity index is 1.87. The van der Waals surface area contributed by atoms with Gasteiger partial charge in [-0.1, -0.05) is 44.2 Å². The molecule has 2 aromatic carbocycles. The highest BCUT2D eigenvalue weighted by Gasteiger charge is 2.17. The van der Waals surface area contributed by atoms with Crippen LogP contribution in [0, 0.1) is 6.92 Å². The second-order valence-electron chi connectivity index (χ2n) is 7.00. The van der Waals surface area contributed by atoms with E-state index < -0.39 is 6.10 Å². The van der Waals surface area contributed by atoms with Crippen molar-refractivity contribution < 1.29 is 9.53 Å². The van der Waals surface area contributed by atoms with Gasteiger partial charge in [0, 0.05) is 25.8 Å². The van der Waals surface area contributed by atoms with Gasteiger partial charge in [-0.25, -0.2) is 0 Å². The minimum absolute atomic E-state index is 0.0947. The second kappa shape index (κ2) is 9.27. The molecule has 1 N–H and O–H groups in total. The lowest BCUT2D eigenvalue weighted by atomic mass is 10.0. The Labute approximate surface area is 157 Å². The SMILES string of the molecule is Cc1ccc(C(C)C)c(O[C@@H](C)C(=O)NCCN(C)c2ccccc2)c1. The van der Waals surface area contributed by atoms with E-state index in [1.54, 1.807) is 6.92 Å². The van der Waals surface area contributed by atoms with Crippen molar-refractivity contribution in [2.75, 3.05) is 25.0 Å². The molecule has 4 nitrogen and oxygen atoms in total. The minimum atomic E-state index is -0.531. The summed E-state index contributed by atoms with van der Waals surface area (Å²) < 4.78 is 5.97. The molecule has 0 unspecified atom stereocenters. The zero-order valence-corrected chi connectivity index (χ0v) is 16.5. The summed E-state index contributed by atoms with van der Waals surface area (Å²) in [5.74, 6) is 1.05. The molecular formula is C22H30N2O2. The van der Waals surface area contributed by atoms with Crippen molar-refractivity contribution in [3.05, 3.63) is 59.7 Å². The standard InChI is InChI=1S/C22H30N2O2/c1-16(2)20-12-11-17(3)15-21(20)26-18(4)22(25)23-13-14-24(5)19-9-7-6-8-10-19/h6-12,15-16,18H,13-14H2,1-5H3,(H,23,25)/t18-/m0/s1. The lowest BCUT2D eigenvalue weighted by molar-refractivity contribution is -0.127. The molecule has 0 saturated carbocycles. The number of anilines is 1. The monoisotopic (exact) mass is 354 g/mol. The zero-order valence-electron chi connectivity index (χ0n) is 16.5. The number of carbonyl (C=O) groups excluding carboxylic acids is 1. The van der Waals surface area contributed by atoms with Crippen LogP contribution in [0.3, 0.4) is 0 Å². The molecule has 1 amide bonds. The predicted octanol–water partition coefficient (Wildman–Crippen LogP) is 4.14. The minimum Gasteiger partial charge on any atom is -0.481 e. The predicted molar refractivity (Wildman–Crippen MR) is 108 cm³/mol. The molecule has 0 spiro atoms. The number of hydrogen-bond acceptors (Lipinski definition) is 3. The Morgan fingerprint density at radius 3 is 2.46 bits per heavy atom. The molecule has 0 aliphatic heterocycles. The van der Waals surface area contributed by atoms with Crippen LogP contribution in [0.1, 0.15) is 37.8 Å². The van der Waals surface area contributed by atoms with Gasteiger partial charge in [0.1, 0.15) is 5.75 Å². The molecule has 2 aromatic rings. The summed E-state index contributed by atoms with van der Waals surface area (Å²) in [5.41, 5.74) is 3.38. The maximum absolute atomic E-state index is 12.4. The fraction of sp³-hybridized carbons (Fsp3) is 0.409. The molecule has 0 aromatic heterocycles. The van der Waals surface area contributed by atoms with E-state index in [-0.39, 0.29) is 5.91 Å². The lowest BCUT2D eigenvalue weighted by Crippen LogP contribution is -2.40. The number of likely N-dealkylation sites (N-methyl/N-ethyl adjacent to an activating group) is 1. The van der Waals surface area contributed by atoms with Gasteiger partial charge in [0.05, 0.1) is 0 Å². The van der Waals surface area contributed by atoms with Gasteiger partial charge in [-0.05, 0) is 49.1 Å². The van der Waals surface area contributed by atoms with Crippen molar-refractivity contribution in [3.63, 3.8) is 0 Å². The highest BCUT2D eigenvalue weighted by atomic mass is 16.5. The molecule has 0 heterocycles. The van der Waals surface area contributed by atoms with Crippen LogP contribution in [0.4, 0.5) is 5.69 Å². The van der Waals surface area contributed by atoms with E-state index in [4.69, 9.17) is 4.74 Å². The Morgan fingerprint density at radius 1 is 1.12 bits per heavy atom. The number of nitrogens with one attached hydrogen (secondary N) is 1.